The number of hydrogen-bond acceptors (Lipinski definition) is 3. The van der Waals surface area contributed by atoms with Crippen molar-refractivity contribution in [2.24, 2.45) is 7.05 Å². The highest BCUT2D eigenvalue weighted by molar-refractivity contribution is 6.02. The summed E-state index contributed by atoms with van der Waals surface area (Å²) >= 11 is 0. The minimum absolute atomic E-state index is 0.0861. The van der Waals surface area contributed by atoms with Gasteiger partial charge in [-0.15, -0.1) is 0 Å². The van der Waals surface area contributed by atoms with Crippen molar-refractivity contribution < 1.29 is 4.79 Å². The summed E-state index contributed by atoms with van der Waals surface area (Å²) in [5.74, 6) is -0.164. The lowest BCUT2D eigenvalue weighted by molar-refractivity contribution is -0.115. The molecule has 0 aliphatic carbocycles. The zero-order chi connectivity index (χ0) is 19.8. The zero-order valence-corrected chi connectivity index (χ0v) is 16.1. The van der Waals surface area contributed by atoms with E-state index in [1.165, 1.54) is 4.68 Å². The summed E-state index contributed by atoms with van der Waals surface area (Å²) in [5, 5.41) is 9.77. The van der Waals surface area contributed by atoms with Gasteiger partial charge in [-0.25, -0.2) is 4.68 Å². The Labute approximate surface area is 162 Å². The van der Waals surface area contributed by atoms with E-state index in [1.807, 2.05) is 74.1 Å². The van der Waals surface area contributed by atoms with Crippen molar-refractivity contribution in [2.45, 2.75) is 26.3 Å². The molecule has 0 fully saturated rings. The Hall–Kier alpha value is -3.41. The standard InChI is InChI=1S/C22H22N4O2/c1-14(2)26-22(28)16-8-5-4-7-15(16)19(24-26)13-21(27)23-18-9-6-10-20-17(18)11-12-25(20)3/h4-12,14H,13H2,1-3H3,(H,23,27). The van der Waals surface area contributed by atoms with Crippen LogP contribution < -0.4 is 10.9 Å². The van der Waals surface area contributed by atoms with Crippen molar-refractivity contribution in [1.29, 1.82) is 0 Å². The molecule has 6 nitrogen and oxygen atoms in total. The van der Waals surface area contributed by atoms with E-state index in [-0.39, 0.29) is 23.9 Å². The maximum Gasteiger partial charge on any atom is 0.274 e. The van der Waals surface area contributed by atoms with Crippen LogP contribution in [0, 0.1) is 0 Å². The average molecular weight is 374 g/mol. The molecule has 28 heavy (non-hydrogen) atoms. The summed E-state index contributed by atoms with van der Waals surface area (Å²) in [4.78, 5) is 25.4. The topological polar surface area (TPSA) is 68.9 Å². The molecule has 142 valence electrons. The molecule has 1 N–H and O–H groups in total. The molecule has 0 aliphatic heterocycles. The van der Waals surface area contributed by atoms with Gasteiger partial charge in [-0.3, -0.25) is 9.59 Å². The summed E-state index contributed by atoms with van der Waals surface area (Å²) in [7, 11) is 1.97. The van der Waals surface area contributed by atoms with Crippen LogP contribution in [0.2, 0.25) is 0 Å². The van der Waals surface area contributed by atoms with Gasteiger partial charge in [0, 0.05) is 29.5 Å². The van der Waals surface area contributed by atoms with Gasteiger partial charge in [-0.1, -0.05) is 24.3 Å². The highest BCUT2D eigenvalue weighted by atomic mass is 16.1. The lowest BCUT2D eigenvalue weighted by Gasteiger charge is -2.14. The van der Waals surface area contributed by atoms with Crippen LogP contribution in [0.25, 0.3) is 21.7 Å². The van der Waals surface area contributed by atoms with E-state index in [0.29, 0.717) is 11.1 Å². The number of aryl methyl sites for hydroxylation is 1. The molecule has 0 bridgehead atoms. The number of amides is 1. The van der Waals surface area contributed by atoms with Gasteiger partial charge in [0.15, 0.2) is 0 Å². The van der Waals surface area contributed by atoms with Gasteiger partial charge in [-0.05, 0) is 38.1 Å². The van der Waals surface area contributed by atoms with Crippen LogP contribution in [0.1, 0.15) is 25.6 Å². The molecule has 0 aliphatic rings. The van der Waals surface area contributed by atoms with Crippen LogP contribution >= 0.6 is 0 Å². The second kappa shape index (κ2) is 6.96. The predicted molar refractivity (Wildman–Crippen MR) is 112 cm³/mol. The molecule has 0 saturated carbocycles. The van der Waals surface area contributed by atoms with Crippen molar-refractivity contribution in [3.8, 4) is 0 Å². The van der Waals surface area contributed by atoms with E-state index in [4.69, 9.17) is 0 Å². The largest absolute Gasteiger partial charge is 0.350 e. The minimum Gasteiger partial charge on any atom is -0.350 e. The van der Waals surface area contributed by atoms with E-state index in [9.17, 15) is 9.59 Å². The fourth-order valence-corrected chi connectivity index (χ4v) is 3.51. The van der Waals surface area contributed by atoms with Gasteiger partial charge >= 0.3 is 0 Å². The first-order valence-corrected chi connectivity index (χ1v) is 9.30. The number of fused-ring (bicyclic) bond motifs is 2. The molecule has 0 unspecified atom stereocenters. The van der Waals surface area contributed by atoms with E-state index in [2.05, 4.69) is 10.4 Å². The second-order valence-corrected chi connectivity index (χ2v) is 7.23. The Balaban J connectivity index is 1.70. The molecule has 0 spiro atoms. The van der Waals surface area contributed by atoms with Crippen LogP contribution in [0.5, 0.6) is 0 Å². The summed E-state index contributed by atoms with van der Waals surface area (Å²) in [5.41, 5.74) is 2.28. The monoisotopic (exact) mass is 374 g/mol. The first-order valence-electron chi connectivity index (χ1n) is 9.30. The first-order chi connectivity index (χ1) is 13.5. The van der Waals surface area contributed by atoms with E-state index < -0.39 is 0 Å². The number of anilines is 1. The Morgan fingerprint density at radius 2 is 1.79 bits per heavy atom. The summed E-state index contributed by atoms with van der Waals surface area (Å²) in [6.07, 6.45) is 2.06. The maximum atomic E-state index is 12.8. The van der Waals surface area contributed by atoms with Crippen molar-refractivity contribution in [1.82, 2.24) is 14.3 Å². The van der Waals surface area contributed by atoms with Crippen LogP contribution in [-0.2, 0) is 18.3 Å². The molecule has 1 amide bonds. The SMILES string of the molecule is CC(C)n1nc(CC(=O)Nc2cccc3c2ccn3C)c2ccccc2c1=O. The van der Waals surface area contributed by atoms with Crippen LogP contribution in [-0.4, -0.2) is 20.3 Å². The molecule has 6 heteroatoms. The van der Waals surface area contributed by atoms with E-state index in [0.717, 1.165) is 22.0 Å². The van der Waals surface area contributed by atoms with E-state index in [1.54, 1.807) is 6.07 Å². The van der Waals surface area contributed by atoms with Crippen molar-refractivity contribution in [3.05, 3.63) is 70.8 Å². The van der Waals surface area contributed by atoms with E-state index >= 15 is 0 Å². The first kappa shape index (κ1) is 18.0. The fraction of sp³-hybridized carbons (Fsp3) is 0.227. The van der Waals surface area contributed by atoms with Gasteiger partial charge < -0.3 is 9.88 Å². The number of nitrogens with one attached hydrogen (secondary N) is 1. The zero-order valence-electron chi connectivity index (χ0n) is 16.1. The number of carbonyl (C=O) groups excluding carboxylic acids is 1. The minimum atomic E-state index is -0.164. The van der Waals surface area contributed by atoms with Gasteiger partial charge in [0.25, 0.3) is 5.56 Å². The third-order valence-corrected chi connectivity index (χ3v) is 4.92. The number of benzene rings is 2. The highest BCUT2D eigenvalue weighted by Crippen LogP contribution is 2.24. The van der Waals surface area contributed by atoms with Crippen LogP contribution in [0.3, 0.4) is 0 Å². The number of rotatable bonds is 4. The molecule has 4 aromatic rings. The van der Waals surface area contributed by atoms with Gasteiger partial charge in [0.05, 0.1) is 29.2 Å². The van der Waals surface area contributed by atoms with Gasteiger partial charge in [0.2, 0.25) is 5.91 Å². The van der Waals surface area contributed by atoms with Crippen molar-refractivity contribution >= 4 is 33.3 Å². The number of carbonyl (C=O) groups is 1. The lowest BCUT2D eigenvalue weighted by Crippen LogP contribution is -2.27. The smallest absolute Gasteiger partial charge is 0.274 e. The Morgan fingerprint density at radius 1 is 1.04 bits per heavy atom. The molecule has 0 radical (unpaired) electrons. The maximum absolute atomic E-state index is 12.8. The van der Waals surface area contributed by atoms with Crippen LogP contribution in [0.4, 0.5) is 5.69 Å². The Kier molecular flexibility index (Phi) is 4.47. The third kappa shape index (κ3) is 3.07. The second-order valence-electron chi connectivity index (χ2n) is 7.23. The quantitative estimate of drug-likeness (QED) is 0.593. The predicted octanol–water partition coefficient (Wildman–Crippen LogP) is 3.65. The molecular formula is C22H22N4O2. The fourth-order valence-electron chi connectivity index (χ4n) is 3.51. The van der Waals surface area contributed by atoms with Crippen molar-refractivity contribution in [3.63, 3.8) is 0 Å². The molecule has 0 saturated heterocycles. The molecule has 2 aromatic carbocycles. The molecular weight excluding hydrogens is 352 g/mol. The Morgan fingerprint density at radius 3 is 2.54 bits per heavy atom. The number of nitrogens with zero attached hydrogens (tertiary/aromatic N) is 3. The number of aromatic nitrogens is 3. The Bertz CT molecular complexity index is 1250. The van der Waals surface area contributed by atoms with Crippen LogP contribution in [0.15, 0.2) is 59.5 Å². The average Bonchev–Trinajstić information content (AvgIpc) is 3.06. The van der Waals surface area contributed by atoms with Gasteiger partial charge in [0.1, 0.15) is 0 Å². The molecule has 0 atom stereocenters. The molecule has 2 heterocycles. The normalized spacial score (nSPS) is 11.4. The third-order valence-electron chi connectivity index (χ3n) is 4.92. The highest BCUT2D eigenvalue weighted by Gasteiger charge is 2.16. The molecule has 4 rings (SSSR count). The van der Waals surface area contributed by atoms with Crippen molar-refractivity contribution in [2.75, 3.05) is 5.32 Å². The summed E-state index contributed by atoms with van der Waals surface area (Å²) in [6, 6.07) is 15.0. The summed E-state index contributed by atoms with van der Waals surface area (Å²) in [6.45, 7) is 3.81. The lowest BCUT2D eigenvalue weighted by atomic mass is 10.1. The number of hydrogen-bond donors (Lipinski definition) is 1. The molecule has 2 aromatic heterocycles. The summed E-state index contributed by atoms with van der Waals surface area (Å²) < 4.78 is 3.46. The van der Waals surface area contributed by atoms with Gasteiger partial charge in [-0.2, -0.15) is 5.10 Å².